The van der Waals surface area contributed by atoms with Crippen LogP contribution in [0, 0.1) is 5.82 Å². The maximum absolute atomic E-state index is 13.4. The molecule has 0 saturated carbocycles. The third kappa shape index (κ3) is 3.54. The Hall–Kier alpha value is -1.59. The van der Waals surface area contributed by atoms with Gasteiger partial charge >= 0.3 is 0 Å². The zero-order chi connectivity index (χ0) is 15.4. The standard InChI is InChI=1S/C14H15Cl2FN4/c1-3-4-9-13(18-2)19-7-20-14(9)21-8-5-10(15)12(17)11(16)6-8/h5-7H,3-4H2,1-2H3,(H2,18,19,20,21). The maximum atomic E-state index is 13.4. The molecule has 0 aliphatic heterocycles. The van der Waals surface area contributed by atoms with Crippen LogP contribution in [0.5, 0.6) is 0 Å². The van der Waals surface area contributed by atoms with Crippen LogP contribution in [0.1, 0.15) is 18.9 Å². The van der Waals surface area contributed by atoms with Crippen LogP contribution in [-0.2, 0) is 6.42 Å². The summed E-state index contributed by atoms with van der Waals surface area (Å²) in [6, 6.07) is 2.94. The highest BCUT2D eigenvalue weighted by Gasteiger charge is 2.12. The van der Waals surface area contributed by atoms with Crippen molar-refractivity contribution in [3.63, 3.8) is 0 Å². The van der Waals surface area contributed by atoms with Crippen molar-refractivity contribution in [1.82, 2.24) is 9.97 Å². The van der Waals surface area contributed by atoms with Crippen molar-refractivity contribution in [1.29, 1.82) is 0 Å². The summed E-state index contributed by atoms with van der Waals surface area (Å²) in [5.41, 5.74) is 1.53. The predicted octanol–water partition coefficient (Wildman–Crippen LogP) is 4.66. The second kappa shape index (κ2) is 6.91. The predicted molar refractivity (Wildman–Crippen MR) is 85.3 cm³/mol. The molecule has 0 bridgehead atoms. The number of rotatable bonds is 5. The van der Waals surface area contributed by atoms with E-state index >= 15 is 0 Å². The zero-order valence-corrected chi connectivity index (χ0v) is 13.2. The van der Waals surface area contributed by atoms with E-state index < -0.39 is 5.82 Å². The molecule has 0 aliphatic rings. The Balaban J connectivity index is 2.39. The molecule has 0 aliphatic carbocycles. The Kier molecular flexibility index (Phi) is 5.20. The minimum atomic E-state index is -0.628. The van der Waals surface area contributed by atoms with Crippen molar-refractivity contribution in [2.24, 2.45) is 0 Å². The normalized spacial score (nSPS) is 10.5. The quantitative estimate of drug-likeness (QED) is 0.783. The van der Waals surface area contributed by atoms with E-state index in [2.05, 4.69) is 27.5 Å². The lowest BCUT2D eigenvalue weighted by Crippen LogP contribution is -2.05. The molecular formula is C14H15Cl2FN4. The van der Waals surface area contributed by atoms with E-state index in [1.807, 2.05) is 0 Å². The van der Waals surface area contributed by atoms with E-state index in [4.69, 9.17) is 23.2 Å². The summed E-state index contributed by atoms with van der Waals surface area (Å²) in [5.74, 6) is 0.778. The molecule has 0 atom stereocenters. The zero-order valence-electron chi connectivity index (χ0n) is 11.7. The van der Waals surface area contributed by atoms with Crippen LogP contribution >= 0.6 is 23.2 Å². The van der Waals surface area contributed by atoms with Crippen LogP contribution in [-0.4, -0.2) is 17.0 Å². The van der Waals surface area contributed by atoms with Crippen molar-refractivity contribution in [2.75, 3.05) is 17.7 Å². The first kappa shape index (κ1) is 15.8. The lowest BCUT2D eigenvalue weighted by molar-refractivity contribution is 0.629. The minimum Gasteiger partial charge on any atom is -0.373 e. The molecule has 1 aromatic heterocycles. The van der Waals surface area contributed by atoms with Crippen molar-refractivity contribution in [3.05, 3.63) is 39.9 Å². The van der Waals surface area contributed by atoms with E-state index in [0.29, 0.717) is 11.5 Å². The molecule has 112 valence electrons. The first-order valence-electron chi connectivity index (χ1n) is 6.50. The number of hydrogen-bond donors (Lipinski definition) is 2. The second-order valence-electron chi connectivity index (χ2n) is 4.43. The van der Waals surface area contributed by atoms with Crippen LogP contribution in [0.15, 0.2) is 18.5 Å². The Labute approximate surface area is 132 Å². The summed E-state index contributed by atoms with van der Waals surface area (Å²) in [4.78, 5) is 8.43. The average molecular weight is 329 g/mol. The molecule has 0 spiro atoms. The third-order valence-electron chi connectivity index (χ3n) is 2.93. The van der Waals surface area contributed by atoms with Crippen LogP contribution < -0.4 is 10.6 Å². The summed E-state index contributed by atoms with van der Waals surface area (Å²) in [7, 11) is 1.80. The number of nitrogens with one attached hydrogen (secondary N) is 2. The molecule has 2 N–H and O–H groups in total. The summed E-state index contributed by atoms with van der Waals surface area (Å²) in [6.45, 7) is 2.07. The fourth-order valence-corrected chi connectivity index (χ4v) is 2.47. The molecule has 1 heterocycles. The van der Waals surface area contributed by atoms with Crippen molar-refractivity contribution in [2.45, 2.75) is 19.8 Å². The number of hydrogen-bond acceptors (Lipinski definition) is 4. The number of halogens is 3. The Morgan fingerprint density at radius 3 is 2.33 bits per heavy atom. The molecule has 2 aromatic rings. The molecule has 2 rings (SSSR count). The van der Waals surface area contributed by atoms with Gasteiger partial charge in [-0.1, -0.05) is 36.5 Å². The van der Waals surface area contributed by atoms with Gasteiger partial charge in [0.25, 0.3) is 0 Å². The Morgan fingerprint density at radius 1 is 1.14 bits per heavy atom. The van der Waals surface area contributed by atoms with Gasteiger partial charge in [0.1, 0.15) is 18.0 Å². The third-order valence-corrected chi connectivity index (χ3v) is 3.48. The Morgan fingerprint density at radius 2 is 1.76 bits per heavy atom. The Bertz CT molecular complexity index is 626. The molecule has 4 nitrogen and oxygen atoms in total. The molecular weight excluding hydrogens is 314 g/mol. The molecule has 0 fully saturated rings. The highest BCUT2D eigenvalue weighted by Crippen LogP contribution is 2.30. The van der Waals surface area contributed by atoms with Gasteiger partial charge in [0.05, 0.1) is 10.0 Å². The molecule has 1 aromatic carbocycles. The number of nitrogens with zero attached hydrogens (tertiary/aromatic N) is 2. The SMILES string of the molecule is CCCc1c(NC)ncnc1Nc1cc(Cl)c(F)c(Cl)c1. The molecule has 0 saturated heterocycles. The van der Waals surface area contributed by atoms with Crippen molar-refractivity contribution < 1.29 is 4.39 Å². The van der Waals surface area contributed by atoms with E-state index in [0.717, 1.165) is 24.2 Å². The van der Waals surface area contributed by atoms with Gasteiger partial charge in [0.15, 0.2) is 5.82 Å². The van der Waals surface area contributed by atoms with E-state index in [1.165, 1.54) is 18.5 Å². The van der Waals surface area contributed by atoms with Gasteiger partial charge in [-0.25, -0.2) is 14.4 Å². The topological polar surface area (TPSA) is 49.8 Å². The fourth-order valence-electron chi connectivity index (χ4n) is 1.99. The van der Waals surface area contributed by atoms with Gasteiger partial charge in [-0.05, 0) is 18.6 Å². The summed E-state index contributed by atoms with van der Waals surface area (Å²) >= 11 is 11.6. The van der Waals surface area contributed by atoms with E-state index in [1.54, 1.807) is 7.05 Å². The lowest BCUT2D eigenvalue weighted by Gasteiger charge is -2.14. The highest BCUT2D eigenvalue weighted by molar-refractivity contribution is 6.35. The minimum absolute atomic E-state index is 0.0371. The fraction of sp³-hybridized carbons (Fsp3) is 0.286. The first-order valence-corrected chi connectivity index (χ1v) is 7.25. The highest BCUT2D eigenvalue weighted by atomic mass is 35.5. The van der Waals surface area contributed by atoms with Crippen LogP contribution in [0.25, 0.3) is 0 Å². The van der Waals surface area contributed by atoms with E-state index in [-0.39, 0.29) is 10.0 Å². The number of aromatic nitrogens is 2. The largest absolute Gasteiger partial charge is 0.373 e. The molecule has 0 unspecified atom stereocenters. The monoisotopic (exact) mass is 328 g/mol. The maximum Gasteiger partial charge on any atom is 0.160 e. The summed E-state index contributed by atoms with van der Waals surface area (Å²) in [6.07, 6.45) is 3.21. The second-order valence-corrected chi connectivity index (χ2v) is 5.24. The van der Waals surface area contributed by atoms with Crippen molar-refractivity contribution in [3.8, 4) is 0 Å². The molecule has 7 heteroatoms. The molecule has 21 heavy (non-hydrogen) atoms. The van der Waals surface area contributed by atoms with Gasteiger partial charge in [0.2, 0.25) is 0 Å². The van der Waals surface area contributed by atoms with Gasteiger partial charge in [-0.3, -0.25) is 0 Å². The van der Waals surface area contributed by atoms with Gasteiger partial charge in [-0.15, -0.1) is 0 Å². The summed E-state index contributed by atoms with van der Waals surface area (Å²) < 4.78 is 13.4. The van der Waals surface area contributed by atoms with Gasteiger partial charge < -0.3 is 10.6 Å². The smallest absolute Gasteiger partial charge is 0.160 e. The van der Waals surface area contributed by atoms with Crippen LogP contribution in [0.4, 0.5) is 21.7 Å². The van der Waals surface area contributed by atoms with Crippen molar-refractivity contribution >= 4 is 40.5 Å². The summed E-state index contributed by atoms with van der Waals surface area (Å²) in [5, 5.41) is 6.08. The average Bonchev–Trinajstić information content (AvgIpc) is 2.46. The molecule has 0 amide bonds. The number of benzene rings is 1. The lowest BCUT2D eigenvalue weighted by atomic mass is 10.1. The van der Waals surface area contributed by atoms with Crippen LogP contribution in [0.3, 0.4) is 0 Å². The van der Waals surface area contributed by atoms with Gasteiger partial charge in [-0.2, -0.15) is 0 Å². The first-order chi connectivity index (χ1) is 10.1. The molecule has 0 radical (unpaired) electrons. The van der Waals surface area contributed by atoms with Gasteiger partial charge in [0, 0.05) is 18.3 Å². The van der Waals surface area contributed by atoms with E-state index in [9.17, 15) is 4.39 Å². The number of anilines is 3. The van der Waals surface area contributed by atoms with Crippen LogP contribution in [0.2, 0.25) is 10.0 Å².